The predicted octanol–water partition coefficient (Wildman–Crippen LogP) is 3.90. The van der Waals surface area contributed by atoms with E-state index in [1.807, 2.05) is 24.5 Å². The summed E-state index contributed by atoms with van der Waals surface area (Å²) in [5, 5.41) is 6.09. The highest BCUT2D eigenvalue weighted by Crippen LogP contribution is 2.44. The summed E-state index contributed by atoms with van der Waals surface area (Å²) in [6.07, 6.45) is 7.18. The molecule has 0 bridgehead atoms. The first-order valence-corrected chi connectivity index (χ1v) is 10.8. The van der Waals surface area contributed by atoms with Crippen molar-refractivity contribution in [1.29, 1.82) is 0 Å². The van der Waals surface area contributed by atoms with Crippen LogP contribution in [0.1, 0.15) is 17.9 Å². The lowest BCUT2D eigenvalue weighted by Gasteiger charge is -2.47. The van der Waals surface area contributed by atoms with E-state index in [1.165, 1.54) is 12.1 Å². The maximum absolute atomic E-state index is 4.93. The van der Waals surface area contributed by atoms with Crippen molar-refractivity contribution in [3.8, 4) is 11.3 Å². The van der Waals surface area contributed by atoms with E-state index in [0.717, 1.165) is 59.7 Å². The molecular formula is C25H22N6. The Morgan fingerprint density at radius 3 is 2.81 bits per heavy atom. The number of hydrogen-bond donors (Lipinski definition) is 0. The molecule has 1 spiro atoms. The smallest absolute Gasteiger partial charge is 0.127 e. The lowest BCUT2D eigenvalue weighted by atomic mass is 9.76. The largest absolute Gasteiger partial charge is 0.303 e. The van der Waals surface area contributed by atoms with Crippen molar-refractivity contribution >= 4 is 16.4 Å². The fraction of sp³-hybridized carbons (Fsp3) is 0.240. The first kappa shape index (κ1) is 17.2. The van der Waals surface area contributed by atoms with Crippen LogP contribution in [0, 0.1) is 0 Å². The molecule has 6 heterocycles. The highest BCUT2D eigenvalue weighted by Gasteiger charge is 2.49. The summed E-state index contributed by atoms with van der Waals surface area (Å²) in [5.41, 5.74) is 5.90. The summed E-state index contributed by atoms with van der Waals surface area (Å²) >= 11 is 0. The van der Waals surface area contributed by atoms with Crippen LogP contribution < -0.4 is 0 Å². The van der Waals surface area contributed by atoms with E-state index in [1.54, 1.807) is 0 Å². The molecule has 1 fully saturated rings. The number of aromatic nitrogens is 5. The maximum atomic E-state index is 4.93. The standard InChI is InChI=1S/C25H22N6/c1-2-7-21-18(5-1)11-19(13-26-21)22-12-23-25(8-10-31(23)28-22)16-29(17-25)15-24-27-14-20-6-3-4-9-30(20)24/h1-7,9,11-14H,8,10,15-17H2. The molecule has 5 aromatic rings. The molecular weight excluding hydrogens is 384 g/mol. The number of pyridine rings is 2. The van der Waals surface area contributed by atoms with Crippen LogP contribution in [0.15, 0.2) is 73.2 Å². The third-order valence-electron chi connectivity index (χ3n) is 6.94. The summed E-state index contributed by atoms with van der Waals surface area (Å²) in [7, 11) is 0. The van der Waals surface area contributed by atoms with Gasteiger partial charge in [0.15, 0.2) is 0 Å². The second-order valence-electron chi connectivity index (χ2n) is 8.90. The summed E-state index contributed by atoms with van der Waals surface area (Å²) < 4.78 is 4.40. The molecule has 31 heavy (non-hydrogen) atoms. The van der Waals surface area contributed by atoms with E-state index in [0.29, 0.717) is 0 Å². The zero-order valence-electron chi connectivity index (χ0n) is 17.1. The van der Waals surface area contributed by atoms with Crippen molar-refractivity contribution in [2.45, 2.75) is 24.9 Å². The Morgan fingerprint density at radius 2 is 1.84 bits per heavy atom. The molecule has 2 aliphatic rings. The van der Waals surface area contributed by atoms with Gasteiger partial charge in [0.2, 0.25) is 0 Å². The Balaban J connectivity index is 1.14. The molecule has 0 N–H and O–H groups in total. The van der Waals surface area contributed by atoms with Crippen LogP contribution in [-0.4, -0.2) is 42.1 Å². The number of aryl methyl sites for hydroxylation is 1. The van der Waals surface area contributed by atoms with Crippen LogP contribution >= 0.6 is 0 Å². The lowest BCUT2D eigenvalue weighted by molar-refractivity contribution is 0.0556. The number of nitrogens with zero attached hydrogens (tertiary/aromatic N) is 6. The monoisotopic (exact) mass is 406 g/mol. The molecule has 0 amide bonds. The molecule has 0 radical (unpaired) electrons. The fourth-order valence-corrected chi connectivity index (χ4v) is 5.37. The Labute approximate surface area is 179 Å². The van der Waals surface area contributed by atoms with Crippen LogP contribution in [0.5, 0.6) is 0 Å². The van der Waals surface area contributed by atoms with Crippen molar-refractivity contribution in [3.05, 3.63) is 84.7 Å². The third kappa shape index (κ3) is 2.58. The van der Waals surface area contributed by atoms with Crippen molar-refractivity contribution in [1.82, 2.24) is 29.0 Å². The van der Waals surface area contributed by atoms with Gasteiger partial charge in [-0.15, -0.1) is 0 Å². The molecule has 7 rings (SSSR count). The summed E-state index contributed by atoms with van der Waals surface area (Å²) in [6.45, 7) is 4.01. The quantitative estimate of drug-likeness (QED) is 0.456. The lowest BCUT2D eigenvalue weighted by Crippen LogP contribution is -2.57. The molecule has 6 heteroatoms. The molecule has 6 nitrogen and oxygen atoms in total. The zero-order chi connectivity index (χ0) is 20.4. The van der Waals surface area contributed by atoms with Crippen LogP contribution in [-0.2, 0) is 18.5 Å². The second kappa shape index (κ2) is 6.25. The molecule has 0 unspecified atom stereocenters. The van der Waals surface area contributed by atoms with Gasteiger partial charge in [-0.1, -0.05) is 24.3 Å². The van der Waals surface area contributed by atoms with E-state index in [4.69, 9.17) is 5.10 Å². The maximum Gasteiger partial charge on any atom is 0.127 e. The first-order valence-electron chi connectivity index (χ1n) is 10.8. The van der Waals surface area contributed by atoms with Crippen LogP contribution in [0.3, 0.4) is 0 Å². The molecule has 1 saturated heterocycles. The number of likely N-dealkylation sites (tertiary alicyclic amines) is 1. The molecule has 2 aliphatic heterocycles. The van der Waals surface area contributed by atoms with Crippen molar-refractivity contribution in [2.75, 3.05) is 13.1 Å². The minimum Gasteiger partial charge on any atom is -0.303 e. The van der Waals surface area contributed by atoms with Crippen LogP contribution in [0.4, 0.5) is 0 Å². The predicted molar refractivity (Wildman–Crippen MR) is 120 cm³/mol. The molecule has 0 atom stereocenters. The van der Waals surface area contributed by atoms with Gasteiger partial charge in [0.05, 0.1) is 29.5 Å². The van der Waals surface area contributed by atoms with Crippen molar-refractivity contribution < 1.29 is 0 Å². The molecule has 1 aromatic carbocycles. The van der Waals surface area contributed by atoms with Crippen LogP contribution in [0.2, 0.25) is 0 Å². The van der Waals surface area contributed by atoms with Crippen molar-refractivity contribution in [3.63, 3.8) is 0 Å². The highest BCUT2D eigenvalue weighted by molar-refractivity contribution is 5.82. The molecule has 0 aliphatic carbocycles. The Morgan fingerprint density at radius 1 is 0.935 bits per heavy atom. The van der Waals surface area contributed by atoms with Gasteiger partial charge in [0, 0.05) is 54.1 Å². The number of hydrogen-bond acceptors (Lipinski definition) is 4. The van der Waals surface area contributed by atoms with E-state index in [-0.39, 0.29) is 5.41 Å². The number of imidazole rings is 1. The van der Waals surface area contributed by atoms with Gasteiger partial charge in [0.25, 0.3) is 0 Å². The average Bonchev–Trinajstić information content (AvgIpc) is 3.48. The zero-order valence-corrected chi connectivity index (χ0v) is 17.1. The topological polar surface area (TPSA) is 51.2 Å². The third-order valence-corrected chi connectivity index (χ3v) is 6.94. The number of rotatable bonds is 3. The molecule has 4 aromatic heterocycles. The van der Waals surface area contributed by atoms with E-state index >= 15 is 0 Å². The summed E-state index contributed by atoms with van der Waals surface area (Å²) in [6, 6.07) is 19.0. The SMILES string of the molecule is c1ccc2ncc(-c3cc4n(n3)CCC43CN(Cc4ncc5ccccn45)C3)cc2c1. The first-order chi connectivity index (χ1) is 15.3. The molecule has 152 valence electrons. The van der Waals surface area contributed by atoms with Gasteiger partial charge >= 0.3 is 0 Å². The number of benzene rings is 1. The van der Waals surface area contributed by atoms with E-state index in [9.17, 15) is 0 Å². The number of fused-ring (bicyclic) bond motifs is 4. The van der Waals surface area contributed by atoms with E-state index in [2.05, 4.69) is 72.6 Å². The molecule has 0 saturated carbocycles. The fourth-order valence-electron chi connectivity index (χ4n) is 5.37. The van der Waals surface area contributed by atoms with Gasteiger partial charge in [-0.2, -0.15) is 5.10 Å². The Bertz CT molecular complexity index is 1440. The van der Waals surface area contributed by atoms with E-state index < -0.39 is 0 Å². The number of para-hydroxylation sites is 1. The Hall–Kier alpha value is -3.51. The minimum atomic E-state index is 0.225. The van der Waals surface area contributed by atoms with Gasteiger partial charge < -0.3 is 4.40 Å². The van der Waals surface area contributed by atoms with Crippen LogP contribution in [0.25, 0.3) is 27.7 Å². The minimum absolute atomic E-state index is 0.225. The second-order valence-corrected chi connectivity index (χ2v) is 8.90. The summed E-state index contributed by atoms with van der Waals surface area (Å²) in [4.78, 5) is 11.8. The van der Waals surface area contributed by atoms with Gasteiger partial charge in [-0.25, -0.2) is 4.98 Å². The Kier molecular flexibility index (Phi) is 3.47. The summed E-state index contributed by atoms with van der Waals surface area (Å²) in [5.74, 6) is 1.11. The van der Waals surface area contributed by atoms with Crippen molar-refractivity contribution in [2.24, 2.45) is 0 Å². The average molecular weight is 406 g/mol. The van der Waals surface area contributed by atoms with Gasteiger partial charge in [0.1, 0.15) is 5.82 Å². The highest BCUT2D eigenvalue weighted by atomic mass is 15.3. The van der Waals surface area contributed by atoms with Gasteiger partial charge in [-0.3, -0.25) is 14.6 Å². The normalized spacial score (nSPS) is 17.4. The van der Waals surface area contributed by atoms with Gasteiger partial charge in [-0.05, 0) is 36.8 Å².